The number of nitrogens with zero attached hydrogens (tertiary/aromatic N) is 1. The summed E-state index contributed by atoms with van der Waals surface area (Å²) in [5, 5.41) is 0.803. The van der Waals surface area contributed by atoms with Gasteiger partial charge in [0.2, 0.25) is 0 Å². The first-order valence-corrected chi connectivity index (χ1v) is 7.31. The van der Waals surface area contributed by atoms with Crippen molar-refractivity contribution in [1.29, 1.82) is 0 Å². The Labute approximate surface area is 96.1 Å². The van der Waals surface area contributed by atoms with Gasteiger partial charge < -0.3 is 5.73 Å². The zero-order valence-electron chi connectivity index (χ0n) is 9.41. The molecule has 3 heteroatoms. The van der Waals surface area contributed by atoms with Gasteiger partial charge in [-0.05, 0) is 62.5 Å². The molecule has 4 aliphatic rings. The highest BCUT2D eigenvalue weighted by Crippen LogP contribution is 2.57. The SMILES string of the molecule is CSC(N)=NC12CC3CC(CC(C3)C1)C2. The van der Waals surface area contributed by atoms with E-state index in [1.807, 2.05) is 6.26 Å². The molecule has 0 atom stereocenters. The monoisotopic (exact) mass is 224 g/mol. The van der Waals surface area contributed by atoms with Crippen LogP contribution in [-0.4, -0.2) is 17.0 Å². The fraction of sp³-hybridized carbons (Fsp3) is 0.917. The molecule has 0 unspecified atom stereocenters. The second kappa shape index (κ2) is 3.41. The van der Waals surface area contributed by atoms with E-state index in [9.17, 15) is 0 Å². The van der Waals surface area contributed by atoms with Crippen molar-refractivity contribution >= 4 is 16.9 Å². The van der Waals surface area contributed by atoms with Crippen LogP contribution in [0.3, 0.4) is 0 Å². The molecule has 4 saturated carbocycles. The summed E-state index contributed by atoms with van der Waals surface area (Å²) in [5.41, 5.74) is 6.17. The van der Waals surface area contributed by atoms with Crippen molar-refractivity contribution in [1.82, 2.24) is 0 Å². The second-order valence-electron chi connectivity index (χ2n) is 5.80. The van der Waals surface area contributed by atoms with E-state index in [0.29, 0.717) is 0 Å². The first kappa shape index (κ1) is 10.0. The van der Waals surface area contributed by atoms with Crippen LogP contribution in [0.25, 0.3) is 0 Å². The van der Waals surface area contributed by atoms with E-state index >= 15 is 0 Å². The summed E-state index contributed by atoms with van der Waals surface area (Å²) in [5.74, 6) is 2.90. The predicted molar refractivity (Wildman–Crippen MR) is 66.0 cm³/mol. The van der Waals surface area contributed by atoms with E-state index in [-0.39, 0.29) is 5.54 Å². The number of amidine groups is 1. The Kier molecular flexibility index (Phi) is 2.27. The lowest BCUT2D eigenvalue weighted by molar-refractivity contribution is 0.00179. The molecule has 0 aromatic rings. The van der Waals surface area contributed by atoms with Gasteiger partial charge in [-0.15, -0.1) is 0 Å². The molecule has 84 valence electrons. The highest BCUT2D eigenvalue weighted by atomic mass is 32.2. The predicted octanol–water partition coefficient (Wildman–Crippen LogP) is 2.63. The number of thioether (sulfide) groups is 1. The zero-order chi connectivity index (χ0) is 10.5. The van der Waals surface area contributed by atoms with Crippen LogP contribution in [0.5, 0.6) is 0 Å². The standard InChI is InChI=1S/C12H20N2S/c1-15-11(13)14-12-5-8-2-9(6-12)4-10(3-8)7-12/h8-10H,2-7H2,1H3,(H2,13,14). The Morgan fingerprint density at radius 3 is 2.00 bits per heavy atom. The normalized spacial score (nSPS) is 48.6. The molecule has 4 aliphatic carbocycles. The van der Waals surface area contributed by atoms with Crippen molar-refractivity contribution in [2.75, 3.05) is 6.26 Å². The van der Waals surface area contributed by atoms with Gasteiger partial charge in [0, 0.05) is 0 Å². The third-order valence-electron chi connectivity index (χ3n) is 4.56. The van der Waals surface area contributed by atoms with Crippen LogP contribution in [0.4, 0.5) is 0 Å². The summed E-state index contributed by atoms with van der Waals surface area (Å²) in [6.07, 6.45) is 10.4. The van der Waals surface area contributed by atoms with Crippen molar-refractivity contribution in [3.05, 3.63) is 0 Å². The van der Waals surface area contributed by atoms with E-state index in [2.05, 4.69) is 0 Å². The van der Waals surface area contributed by atoms with E-state index < -0.39 is 0 Å². The Morgan fingerprint density at radius 2 is 1.60 bits per heavy atom. The summed E-state index contributed by atoms with van der Waals surface area (Å²) in [6, 6.07) is 0. The molecule has 0 aromatic heterocycles. The van der Waals surface area contributed by atoms with E-state index in [4.69, 9.17) is 10.7 Å². The smallest absolute Gasteiger partial charge is 0.154 e. The third kappa shape index (κ3) is 1.69. The lowest BCUT2D eigenvalue weighted by Crippen LogP contribution is -2.50. The zero-order valence-corrected chi connectivity index (χ0v) is 10.2. The molecule has 2 N–H and O–H groups in total. The van der Waals surface area contributed by atoms with Gasteiger partial charge >= 0.3 is 0 Å². The molecule has 0 spiro atoms. The van der Waals surface area contributed by atoms with E-state index in [1.54, 1.807) is 11.8 Å². The third-order valence-corrected chi connectivity index (χ3v) is 5.07. The molecule has 0 heterocycles. The maximum Gasteiger partial charge on any atom is 0.154 e. The summed E-state index contributed by atoms with van der Waals surface area (Å²) in [7, 11) is 0. The second-order valence-corrected chi connectivity index (χ2v) is 6.62. The maximum absolute atomic E-state index is 5.91. The number of hydrogen-bond acceptors (Lipinski definition) is 2. The molecule has 0 aromatic carbocycles. The van der Waals surface area contributed by atoms with Crippen LogP contribution in [0, 0.1) is 17.8 Å². The number of hydrogen-bond donors (Lipinski definition) is 1. The molecule has 4 rings (SSSR count). The molecular formula is C12H20N2S. The molecule has 4 fully saturated rings. The van der Waals surface area contributed by atoms with Crippen molar-refractivity contribution in [3.8, 4) is 0 Å². The van der Waals surface area contributed by atoms with Gasteiger partial charge in [0.1, 0.15) is 0 Å². The Bertz CT molecular complexity index is 263. The van der Waals surface area contributed by atoms with Gasteiger partial charge in [-0.3, -0.25) is 4.99 Å². The summed E-state index contributed by atoms with van der Waals surface area (Å²) < 4.78 is 0. The van der Waals surface area contributed by atoms with Crippen LogP contribution in [0.1, 0.15) is 38.5 Å². The Balaban J connectivity index is 1.87. The van der Waals surface area contributed by atoms with Crippen LogP contribution >= 0.6 is 11.8 Å². The summed E-state index contributed by atoms with van der Waals surface area (Å²) in [6.45, 7) is 0. The maximum atomic E-state index is 5.91. The number of nitrogens with two attached hydrogens (primary N) is 1. The van der Waals surface area contributed by atoms with Crippen molar-refractivity contribution in [2.45, 2.75) is 44.1 Å². The number of rotatable bonds is 1. The fourth-order valence-corrected chi connectivity index (χ4v) is 4.77. The average molecular weight is 224 g/mol. The first-order chi connectivity index (χ1) is 7.19. The molecule has 0 amide bonds. The first-order valence-electron chi connectivity index (χ1n) is 6.08. The fourth-order valence-electron chi connectivity index (χ4n) is 4.48. The molecule has 0 aliphatic heterocycles. The Hall–Kier alpha value is -0.180. The van der Waals surface area contributed by atoms with Crippen LogP contribution in [-0.2, 0) is 0 Å². The molecule has 4 bridgehead atoms. The van der Waals surface area contributed by atoms with Crippen molar-refractivity contribution in [3.63, 3.8) is 0 Å². The Morgan fingerprint density at radius 1 is 1.13 bits per heavy atom. The van der Waals surface area contributed by atoms with Gasteiger partial charge in [0.25, 0.3) is 0 Å². The lowest BCUT2D eigenvalue weighted by atomic mass is 9.53. The van der Waals surface area contributed by atoms with Crippen LogP contribution in [0.15, 0.2) is 4.99 Å². The quantitative estimate of drug-likeness (QED) is 0.549. The topological polar surface area (TPSA) is 38.4 Å². The van der Waals surface area contributed by atoms with Crippen LogP contribution in [0.2, 0.25) is 0 Å². The largest absolute Gasteiger partial charge is 0.379 e. The summed E-state index contributed by atoms with van der Waals surface area (Å²) >= 11 is 1.60. The van der Waals surface area contributed by atoms with Gasteiger partial charge in [-0.25, -0.2) is 0 Å². The van der Waals surface area contributed by atoms with Gasteiger partial charge in [0.05, 0.1) is 5.54 Å². The van der Waals surface area contributed by atoms with Gasteiger partial charge in [-0.2, -0.15) is 0 Å². The number of aliphatic imine (C=N–C) groups is 1. The van der Waals surface area contributed by atoms with Crippen molar-refractivity contribution in [2.24, 2.45) is 28.5 Å². The minimum Gasteiger partial charge on any atom is -0.379 e. The van der Waals surface area contributed by atoms with Crippen molar-refractivity contribution < 1.29 is 0 Å². The molecule has 0 saturated heterocycles. The van der Waals surface area contributed by atoms with E-state index in [1.165, 1.54) is 38.5 Å². The van der Waals surface area contributed by atoms with Crippen LogP contribution < -0.4 is 5.73 Å². The highest BCUT2D eigenvalue weighted by molar-refractivity contribution is 8.13. The molecule has 15 heavy (non-hydrogen) atoms. The molecular weight excluding hydrogens is 204 g/mol. The van der Waals surface area contributed by atoms with Gasteiger partial charge in [-0.1, -0.05) is 11.8 Å². The van der Waals surface area contributed by atoms with Gasteiger partial charge in [0.15, 0.2) is 5.17 Å². The average Bonchev–Trinajstić information content (AvgIpc) is 2.14. The highest BCUT2D eigenvalue weighted by Gasteiger charge is 2.51. The van der Waals surface area contributed by atoms with E-state index in [0.717, 1.165) is 22.9 Å². The summed E-state index contributed by atoms with van der Waals surface area (Å²) in [4.78, 5) is 4.84. The lowest BCUT2D eigenvalue weighted by Gasteiger charge is -2.54. The molecule has 0 radical (unpaired) electrons. The minimum atomic E-state index is 0.266. The minimum absolute atomic E-state index is 0.266. The molecule has 2 nitrogen and oxygen atoms in total.